The van der Waals surface area contributed by atoms with Crippen molar-refractivity contribution in [3.05, 3.63) is 0 Å². The predicted molar refractivity (Wildman–Crippen MR) is 67.1 cm³/mol. The van der Waals surface area contributed by atoms with E-state index in [9.17, 15) is 33.0 Å². The quantitative estimate of drug-likeness (QED) is 0.319. The Morgan fingerprint density at radius 1 is 0.548 bits per heavy atom. The molecular formula is C6H2O21P4. The zero-order valence-electron chi connectivity index (χ0n) is 13.4. The SMILES string of the molecule is O=P(=O)[C@]12OOP3(=O)OO[C@@]45OP(=O)(O[C@@]4(O)[C@@]46OOP(=O)(OO[C@@]41O)O6)O[C@]52OO3. The normalized spacial score (nSPS) is 67.7. The van der Waals surface area contributed by atoms with E-state index in [1.807, 2.05) is 0 Å². The van der Waals surface area contributed by atoms with Gasteiger partial charge in [-0.3, -0.25) is 0 Å². The van der Waals surface area contributed by atoms with Gasteiger partial charge in [0.2, 0.25) is 0 Å². The molecule has 6 saturated heterocycles. The first-order chi connectivity index (χ1) is 14.3. The fourth-order valence-corrected chi connectivity index (χ4v) is 8.70. The molecule has 21 nitrogen and oxygen atoms in total. The summed E-state index contributed by atoms with van der Waals surface area (Å²) in [6.07, 6.45) is 0. The largest absolute Gasteiger partial charge is 0.557 e. The van der Waals surface area contributed by atoms with Crippen molar-refractivity contribution in [1.82, 2.24) is 0 Å². The van der Waals surface area contributed by atoms with Crippen molar-refractivity contribution in [1.29, 1.82) is 0 Å². The Hall–Kier alpha value is -0.0500. The van der Waals surface area contributed by atoms with E-state index in [1.165, 1.54) is 0 Å². The zero-order chi connectivity index (χ0) is 22.0. The van der Waals surface area contributed by atoms with E-state index in [0.29, 0.717) is 0 Å². The zero-order valence-corrected chi connectivity index (χ0v) is 17.0. The van der Waals surface area contributed by atoms with Crippen LogP contribution in [0.5, 0.6) is 0 Å². The Balaban J connectivity index is 1.67. The van der Waals surface area contributed by atoms with E-state index in [0.717, 1.165) is 0 Å². The van der Waals surface area contributed by atoms with Gasteiger partial charge in [-0.25, -0.2) is 40.9 Å². The van der Waals surface area contributed by atoms with Crippen LogP contribution in [0.2, 0.25) is 0 Å². The van der Waals surface area contributed by atoms with Gasteiger partial charge in [-0.2, -0.15) is 24.4 Å². The fraction of sp³-hybridized carbons (Fsp3) is 1.00. The average molecular weight is 534 g/mol. The lowest BCUT2D eigenvalue weighted by molar-refractivity contribution is -0.654. The van der Waals surface area contributed by atoms with Gasteiger partial charge in [-0.1, -0.05) is 0 Å². The summed E-state index contributed by atoms with van der Waals surface area (Å²) in [5.41, 5.74) is 0. The monoisotopic (exact) mass is 534 g/mol. The number of hydrogen-bond acceptors (Lipinski definition) is 21. The summed E-state index contributed by atoms with van der Waals surface area (Å²) >= 11 is 0. The van der Waals surface area contributed by atoms with Gasteiger partial charge >= 0.3 is 65.4 Å². The highest BCUT2D eigenvalue weighted by atomic mass is 31.2. The molecule has 25 heteroatoms. The van der Waals surface area contributed by atoms with Crippen LogP contribution in [-0.4, -0.2) is 44.5 Å². The Bertz CT molecular complexity index is 1170. The third-order valence-corrected chi connectivity index (χ3v) is 9.54. The molecule has 6 bridgehead atoms. The molecule has 172 valence electrons. The third kappa shape index (κ3) is 1.65. The molecule has 3 spiro atoms. The van der Waals surface area contributed by atoms with Crippen LogP contribution >= 0.6 is 31.1 Å². The van der Waals surface area contributed by atoms with E-state index in [1.54, 1.807) is 0 Å². The first-order valence-electron chi connectivity index (χ1n) is 7.40. The second-order valence-electron chi connectivity index (χ2n) is 6.54. The Kier molecular flexibility index (Phi) is 3.27. The number of fused-ring (bicyclic) bond motifs is 5. The molecule has 1 aliphatic carbocycles. The van der Waals surface area contributed by atoms with Gasteiger partial charge in [-0.05, 0) is 0 Å². The third-order valence-electron chi connectivity index (χ3n) is 5.14. The summed E-state index contributed by atoms with van der Waals surface area (Å²) in [7, 11) is -19.9. The highest BCUT2D eigenvalue weighted by Crippen LogP contribution is 2.90. The molecule has 3 unspecified atom stereocenters. The van der Waals surface area contributed by atoms with Crippen LogP contribution in [0, 0.1) is 0 Å². The lowest BCUT2D eigenvalue weighted by atomic mass is 9.71. The standard InChI is InChI=1S/C6H2O21P4/c7-1-3-2(8,14-23-30(12,20-3)24-15-3)6(28(9)10)5-4(1,21-29(11,19-1)22-5)16-25-31(13,26-17-5)27-18-6/h7-8H/t1-,2-,3-,4+,5+,6+,29?,30?,31?/m0/s1. The average Bonchev–Trinajstić information content (AvgIpc) is 3.15. The maximum absolute atomic E-state index is 12.9. The minimum absolute atomic E-state index is 3.59. The van der Waals surface area contributed by atoms with Gasteiger partial charge in [0.1, 0.15) is 0 Å². The molecule has 0 radical (unpaired) electrons. The molecule has 31 heavy (non-hydrogen) atoms. The van der Waals surface area contributed by atoms with Gasteiger partial charge in [0.25, 0.3) is 0 Å². The van der Waals surface area contributed by atoms with Crippen molar-refractivity contribution in [2.75, 3.05) is 0 Å². The highest BCUT2D eigenvalue weighted by Gasteiger charge is 3.12. The van der Waals surface area contributed by atoms with Crippen LogP contribution in [-0.2, 0) is 88.7 Å². The van der Waals surface area contributed by atoms with E-state index in [4.69, 9.17) is 27.9 Å². The van der Waals surface area contributed by atoms with Crippen molar-refractivity contribution in [2.24, 2.45) is 0 Å². The van der Waals surface area contributed by atoms with Crippen LogP contribution in [0.15, 0.2) is 0 Å². The molecule has 9 atom stereocenters. The highest BCUT2D eigenvalue weighted by molar-refractivity contribution is 7.49. The second kappa shape index (κ2) is 4.99. The Labute approximate surface area is 165 Å². The molecular weight excluding hydrogens is 532 g/mol. The van der Waals surface area contributed by atoms with Gasteiger partial charge in [0.15, 0.2) is 0 Å². The molecule has 0 amide bonds. The van der Waals surface area contributed by atoms with E-state index >= 15 is 0 Å². The van der Waals surface area contributed by atoms with Gasteiger partial charge < -0.3 is 10.2 Å². The molecule has 0 aromatic carbocycles. The first-order valence-corrected chi connectivity index (χ1v) is 13.0. The van der Waals surface area contributed by atoms with E-state index in [2.05, 4.69) is 38.0 Å². The molecule has 2 N–H and O–H groups in total. The molecule has 6 heterocycles. The summed E-state index contributed by atoms with van der Waals surface area (Å²) in [5.74, 6) is -18.8. The van der Waals surface area contributed by atoms with Gasteiger partial charge in [0, 0.05) is 0 Å². The molecule has 6 aliphatic heterocycles. The summed E-state index contributed by atoms with van der Waals surface area (Å²) in [5, 5.41) is 18.8. The van der Waals surface area contributed by atoms with Crippen molar-refractivity contribution >= 4 is 31.1 Å². The van der Waals surface area contributed by atoms with Crippen LogP contribution in [0.3, 0.4) is 0 Å². The minimum Gasteiger partial charge on any atom is -0.356 e. The molecule has 0 aromatic heterocycles. The van der Waals surface area contributed by atoms with Crippen molar-refractivity contribution in [3.63, 3.8) is 0 Å². The van der Waals surface area contributed by atoms with Crippen molar-refractivity contribution < 1.29 is 98.9 Å². The maximum atomic E-state index is 12.9. The lowest BCUT2D eigenvalue weighted by Gasteiger charge is -2.62. The fourth-order valence-electron chi connectivity index (χ4n) is 3.97. The van der Waals surface area contributed by atoms with Gasteiger partial charge in [0.05, 0.1) is 0 Å². The van der Waals surface area contributed by atoms with Crippen molar-refractivity contribution in [2.45, 2.75) is 34.3 Å². The van der Waals surface area contributed by atoms with E-state index in [-0.39, 0.29) is 0 Å². The number of rotatable bonds is 1. The Morgan fingerprint density at radius 3 is 1.77 bits per heavy atom. The Morgan fingerprint density at radius 2 is 1.06 bits per heavy atom. The van der Waals surface area contributed by atoms with E-state index < -0.39 is 65.4 Å². The van der Waals surface area contributed by atoms with Crippen molar-refractivity contribution in [3.8, 4) is 0 Å². The van der Waals surface area contributed by atoms with Crippen LogP contribution in [0.25, 0.3) is 0 Å². The molecule has 1 saturated carbocycles. The lowest BCUT2D eigenvalue weighted by Crippen LogP contribution is -2.95. The first kappa shape index (κ1) is 20.3. The number of phosphoric acid groups is 3. The van der Waals surface area contributed by atoms with Gasteiger partial charge in [-0.15, -0.1) is 23.4 Å². The van der Waals surface area contributed by atoms with Crippen LogP contribution in [0.1, 0.15) is 0 Å². The summed E-state index contributed by atoms with van der Waals surface area (Å²) in [6.45, 7) is 0. The predicted octanol–water partition coefficient (Wildman–Crippen LogP) is -0.451. The second-order valence-corrected chi connectivity index (χ2v) is 11.8. The number of hydrogen-bond donors (Lipinski definition) is 2. The maximum Gasteiger partial charge on any atom is 0.557 e. The molecule has 7 fully saturated rings. The minimum atomic E-state index is -5.22. The summed E-state index contributed by atoms with van der Waals surface area (Å²) < 4.78 is 104. The van der Waals surface area contributed by atoms with Crippen LogP contribution < -0.4 is 0 Å². The summed E-state index contributed by atoms with van der Waals surface area (Å²) in [4.78, 5) is 23.2. The molecule has 7 aliphatic rings. The molecule has 7 rings (SSSR count). The number of aliphatic hydroxyl groups is 2. The summed E-state index contributed by atoms with van der Waals surface area (Å²) in [6, 6.07) is 0. The molecule has 0 aromatic rings. The number of phosphoric ester groups is 1. The van der Waals surface area contributed by atoms with Crippen LogP contribution in [0.4, 0.5) is 0 Å². The smallest absolute Gasteiger partial charge is 0.356 e. The topological polar surface area (TPSA) is 255 Å².